The van der Waals surface area contributed by atoms with Gasteiger partial charge in [0.1, 0.15) is 0 Å². The van der Waals surface area contributed by atoms with Crippen molar-refractivity contribution in [3.05, 3.63) is 0 Å². The van der Waals surface area contributed by atoms with Gasteiger partial charge in [0, 0.05) is 26.2 Å². The molecule has 2 heterocycles. The van der Waals surface area contributed by atoms with E-state index in [1.54, 1.807) is 0 Å². The fraction of sp³-hybridized carbons (Fsp3) is 0.500. The van der Waals surface area contributed by atoms with Crippen LogP contribution in [0.25, 0.3) is 0 Å². The molecule has 12 heteroatoms. The van der Waals surface area contributed by atoms with Crippen molar-refractivity contribution >= 4 is 57.6 Å². The van der Waals surface area contributed by atoms with Crippen LogP contribution in [0.2, 0.25) is 0 Å². The molecule has 0 bridgehead atoms. The van der Waals surface area contributed by atoms with Gasteiger partial charge in [-0.2, -0.15) is 0 Å². The highest BCUT2D eigenvalue weighted by Gasteiger charge is 2.30. The third-order valence-electron chi connectivity index (χ3n) is 3.13. The van der Waals surface area contributed by atoms with Crippen molar-refractivity contribution in [3.63, 3.8) is 0 Å². The van der Waals surface area contributed by atoms with Crippen LogP contribution in [0.3, 0.4) is 0 Å². The Kier molecular flexibility index (Phi) is 6.20. The monoisotopic (exact) mass is 374 g/mol. The Morgan fingerprint density at radius 1 is 0.792 bits per heavy atom. The molecule has 2 fully saturated rings. The van der Waals surface area contributed by atoms with Gasteiger partial charge >= 0.3 is 11.8 Å². The second kappa shape index (κ2) is 8.15. The average Bonchev–Trinajstić information content (AvgIpc) is 3.04. The number of nitrogens with one attached hydrogen (secondary N) is 2. The fourth-order valence-corrected chi connectivity index (χ4v) is 3.42. The van der Waals surface area contributed by atoms with E-state index in [2.05, 4.69) is 10.6 Å². The minimum atomic E-state index is -0.921. The van der Waals surface area contributed by atoms with Gasteiger partial charge in [-0.25, -0.2) is 0 Å². The molecule has 0 aliphatic carbocycles. The second-order valence-electron chi connectivity index (χ2n) is 4.71. The number of hydrogen-bond acceptors (Lipinski definition) is 8. The van der Waals surface area contributed by atoms with E-state index in [-0.39, 0.29) is 60.0 Å². The highest BCUT2D eigenvalue weighted by molar-refractivity contribution is 8.15. The molecular weight excluding hydrogens is 360 g/mol. The van der Waals surface area contributed by atoms with E-state index >= 15 is 0 Å². The lowest BCUT2D eigenvalue weighted by molar-refractivity contribution is -0.139. The van der Waals surface area contributed by atoms with E-state index in [0.29, 0.717) is 0 Å². The Balaban J connectivity index is 1.64. The van der Waals surface area contributed by atoms with Crippen molar-refractivity contribution in [2.45, 2.75) is 0 Å². The number of thioether (sulfide) groups is 2. The maximum Gasteiger partial charge on any atom is 0.309 e. The van der Waals surface area contributed by atoms with Crippen LogP contribution in [0.1, 0.15) is 0 Å². The van der Waals surface area contributed by atoms with Crippen LogP contribution < -0.4 is 10.6 Å². The summed E-state index contributed by atoms with van der Waals surface area (Å²) >= 11 is 1.77. The zero-order valence-corrected chi connectivity index (χ0v) is 14.0. The van der Waals surface area contributed by atoms with Crippen molar-refractivity contribution in [3.8, 4) is 0 Å². The van der Waals surface area contributed by atoms with E-state index < -0.39 is 11.8 Å². The maximum absolute atomic E-state index is 11.6. The van der Waals surface area contributed by atoms with Gasteiger partial charge in [0.25, 0.3) is 10.5 Å². The smallest absolute Gasteiger partial charge is 0.309 e. The minimum absolute atomic E-state index is 0.00229. The molecule has 0 spiro atoms. The van der Waals surface area contributed by atoms with Crippen molar-refractivity contribution in [2.24, 2.45) is 0 Å². The molecule has 6 amide bonds. The average molecular weight is 374 g/mol. The van der Waals surface area contributed by atoms with Crippen molar-refractivity contribution in [2.75, 3.05) is 37.7 Å². The van der Waals surface area contributed by atoms with Crippen molar-refractivity contribution < 1.29 is 28.8 Å². The van der Waals surface area contributed by atoms with Crippen LogP contribution in [0, 0.1) is 0 Å². The Morgan fingerprint density at radius 2 is 1.17 bits per heavy atom. The first-order valence-electron chi connectivity index (χ1n) is 6.90. The third kappa shape index (κ3) is 4.47. The summed E-state index contributed by atoms with van der Waals surface area (Å²) in [5, 5.41) is 3.82. The molecule has 10 nitrogen and oxygen atoms in total. The summed E-state index contributed by atoms with van der Waals surface area (Å²) in [6.45, 7) is -0.0799. The summed E-state index contributed by atoms with van der Waals surface area (Å²) in [5.41, 5.74) is 0. The van der Waals surface area contributed by atoms with Gasteiger partial charge in [-0.15, -0.1) is 0 Å². The summed E-state index contributed by atoms with van der Waals surface area (Å²) in [4.78, 5) is 70.5. The molecule has 2 rings (SSSR count). The predicted molar refractivity (Wildman–Crippen MR) is 85.2 cm³/mol. The van der Waals surface area contributed by atoms with Crippen LogP contribution in [-0.2, 0) is 19.2 Å². The van der Waals surface area contributed by atoms with Gasteiger partial charge in [-0.3, -0.25) is 38.6 Å². The van der Waals surface area contributed by atoms with E-state index in [4.69, 9.17) is 0 Å². The normalized spacial score (nSPS) is 17.7. The lowest BCUT2D eigenvalue weighted by Crippen LogP contribution is -2.45. The summed E-state index contributed by atoms with van der Waals surface area (Å²) in [5.74, 6) is -2.34. The van der Waals surface area contributed by atoms with Gasteiger partial charge in [0.2, 0.25) is 11.8 Å². The number of nitrogens with zero attached hydrogens (tertiary/aromatic N) is 2. The predicted octanol–water partition coefficient (Wildman–Crippen LogP) is -1.39. The Bertz CT molecular complexity index is 526. The molecular formula is C12H14N4O6S2. The topological polar surface area (TPSA) is 133 Å². The lowest BCUT2D eigenvalue weighted by Gasteiger charge is -2.14. The molecule has 0 aromatic rings. The van der Waals surface area contributed by atoms with E-state index in [0.717, 1.165) is 33.3 Å². The van der Waals surface area contributed by atoms with Gasteiger partial charge in [0.15, 0.2) is 0 Å². The van der Waals surface area contributed by atoms with Gasteiger partial charge < -0.3 is 10.6 Å². The minimum Gasteiger partial charge on any atom is -0.346 e. The number of amides is 6. The summed E-state index contributed by atoms with van der Waals surface area (Å²) in [7, 11) is 0. The standard InChI is InChI=1S/C12H14N4O6S2/c17-7-5-23-11(21)15(7)3-1-13-9(19)10(20)14-2-4-16-8(18)6-24-12(16)22/h1-6H2,(H,13,19)(H,14,20). The molecule has 0 atom stereocenters. The third-order valence-corrected chi connectivity index (χ3v) is 4.85. The molecule has 0 aromatic carbocycles. The molecule has 24 heavy (non-hydrogen) atoms. The van der Waals surface area contributed by atoms with E-state index in [9.17, 15) is 28.8 Å². The van der Waals surface area contributed by atoms with Crippen molar-refractivity contribution in [1.29, 1.82) is 0 Å². The Morgan fingerprint density at radius 3 is 1.46 bits per heavy atom. The quantitative estimate of drug-likeness (QED) is 0.543. The van der Waals surface area contributed by atoms with Crippen LogP contribution in [0.4, 0.5) is 9.59 Å². The molecule has 2 saturated heterocycles. The highest BCUT2D eigenvalue weighted by atomic mass is 32.2. The van der Waals surface area contributed by atoms with Crippen molar-refractivity contribution in [1.82, 2.24) is 20.4 Å². The first-order valence-corrected chi connectivity index (χ1v) is 8.87. The summed E-state index contributed by atoms with van der Waals surface area (Å²) < 4.78 is 0. The van der Waals surface area contributed by atoms with Crippen LogP contribution >= 0.6 is 23.5 Å². The number of rotatable bonds is 6. The highest BCUT2D eigenvalue weighted by Crippen LogP contribution is 2.18. The van der Waals surface area contributed by atoms with E-state index in [1.165, 1.54) is 0 Å². The summed E-state index contributed by atoms with van der Waals surface area (Å²) in [6, 6.07) is 0. The molecule has 2 aliphatic rings. The zero-order chi connectivity index (χ0) is 17.7. The number of carbonyl (C=O) groups excluding carboxylic acids is 6. The molecule has 0 aromatic heterocycles. The van der Waals surface area contributed by atoms with Gasteiger partial charge in [-0.1, -0.05) is 23.5 Å². The number of hydrogen-bond donors (Lipinski definition) is 2. The van der Waals surface area contributed by atoms with E-state index in [1.807, 2.05) is 0 Å². The SMILES string of the molecule is O=C(NCCN1C(=O)CSC1=O)C(=O)NCCN1C(=O)CSC1=O. The summed E-state index contributed by atoms with van der Waals surface area (Å²) in [6.07, 6.45) is 0. The molecule has 2 N–H and O–H groups in total. The fourth-order valence-electron chi connectivity index (χ4n) is 1.92. The molecule has 0 radical (unpaired) electrons. The number of carbonyl (C=O) groups is 6. The zero-order valence-electron chi connectivity index (χ0n) is 12.4. The lowest BCUT2D eigenvalue weighted by atomic mass is 10.4. The molecule has 130 valence electrons. The first kappa shape index (κ1) is 18.3. The van der Waals surface area contributed by atoms with Gasteiger partial charge in [-0.05, 0) is 0 Å². The van der Waals surface area contributed by atoms with Crippen LogP contribution in [-0.4, -0.2) is 81.6 Å². The second-order valence-corrected chi connectivity index (χ2v) is 6.56. The van der Waals surface area contributed by atoms with Crippen LogP contribution in [0.15, 0.2) is 0 Å². The Hall–Kier alpha value is -2.08. The largest absolute Gasteiger partial charge is 0.346 e. The first-order chi connectivity index (χ1) is 11.4. The maximum atomic E-state index is 11.6. The molecule has 0 saturated carbocycles. The molecule has 0 unspecified atom stereocenters. The Labute approximate surface area is 145 Å². The van der Waals surface area contributed by atoms with Gasteiger partial charge in [0.05, 0.1) is 11.5 Å². The van der Waals surface area contributed by atoms with Crippen LogP contribution in [0.5, 0.6) is 0 Å². The number of imide groups is 2. The molecule has 2 aliphatic heterocycles.